The van der Waals surface area contributed by atoms with E-state index in [0.29, 0.717) is 12.8 Å². The van der Waals surface area contributed by atoms with Crippen LogP contribution in [0.2, 0.25) is 0 Å². The topological polar surface area (TPSA) is 86.7 Å². The van der Waals surface area contributed by atoms with E-state index in [2.05, 4.69) is 0 Å². The van der Waals surface area contributed by atoms with E-state index in [1.54, 1.807) is 13.8 Å². The lowest BCUT2D eigenvalue weighted by Gasteiger charge is -2.12. The highest BCUT2D eigenvalue weighted by Gasteiger charge is 2.19. The van der Waals surface area contributed by atoms with Crippen LogP contribution in [-0.2, 0) is 28.6 Å². The molecule has 6 nitrogen and oxygen atoms in total. The molecule has 2 unspecified atom stereocenters. The fourth-order valence-electron chi connectivity index (χ4n) is 1.15. The highest BCUT2D eigenvalue weighted by molar-refractivity contribution is 7.87. The van der Waals surface area contributed by atoms with E-state index in [1.807, 2.05) is 13.8 Å². The number of hydrogen-bond donors (Lipinski definition) is 0. The normalized spacial score (nSPS) is 16.2. The monoisotopic (exact) mass is 316 g/mol. The first-order valence-corrected chi connectivity index (χ1v) is 9.59. The highest BCUT2D eigenvalue weighted by Crippen LogP contribution is 2.08. The summed E-state index contributed by atoms with van der Waals surface area (Å²) in [4.78, 5) is 0. The van der Waals surface area contributed by atoms with Crippen LogP contribution in [0.5, 0.6) is 0 Å². The van der Waals surface area contributed by atoms with Crippen LogP contribution in [0, 0.1) is 0 Å². The van der Waals surface area contributed by atoms with E-state index in [9.17, 15) is 16.8 Å². The van der Waals surface area contributed by atoms with Gasteiger partial charge in [0.2, 0.25) is 0 Å². The third kappa shape index (κ3) is 9.37. The van der Waals surface area contributed by atoms with Crippen molar-refractivity contribution in [3.63, 3.8) is 0 Å². The van der Waals surface area contributed by atoms with E-state index in [1.165, 1.54) is 0 Å². The molecule has 0 aliphatic heterocycles. The van der Waals surface area contributed by atoms with Gasteiger partial charge in [-0.1, -0.05) is 13.8 Å². The molecule has 0 bridgehead atoms. The van der Waals surface area contributed by atoms with E-state index in [-0.39, 0.29) is 17.9 Å². The van der Waals surface area contributed by atoms with Crippen molar-refractivity contribution in [1.82, 2.24) is 0 Å². The molecule has 0 N–H and O–H groups in total. The van der Waals surface area contributed by atoms with E-state index in [4.69, 9.17) is 8.37 Å². The summed E-state index contributed by atoms with van der Waals surface area (Å²) in [6.45, 7) is 6.93. The summed E-state index contributed by atoms with van der Waals surface area (Å²) in [6.07, 6.45) is 0.344. The predicted octanol–water partition coefficient (Wildman–Crippen LogP) is 1.67. The Bertz CT molecular complexity index is 398. The second-order valence-corrected chi connectivity index (χ2v) is 7.94. The highest BCUT2D eigenvalue weighted by atomic mass is 32.2. The van der Waals surface area contributed by atoms with Crippen molar-refractivity contribution < 1.29 is 25.2 Å². The van der Waals surface area contributed by atoms with Gasteiger partial charge >= 0.3 is 0 Å². The average Bonchev–Trinajstić information content (AvgIpc) is 2.26. The Labute approximate surface area is 116 Å². The first kappa shape index (κ1) is 18.8. The maximum Gasteiger partial charge on any atom is 0.267 e. The molecular weight excluding hydrogens is 292 g/mol. The lowest BCUT2D eigenvalue weighted by atomic mass is 10.3. The largest absolute Gasteiger partial charge is 0.267 e. The van der Waals surface area contributed by atoms with Crippen LogP contribution in [0.4, 0.5) is 0 Å². The van der Waals surface area contributed by atoms with E-state index >= 15 is 0 Å². The van der Waals surface area contributed by atoms with Gasteiger partial charge in [0.25, 0.3) is 20.2 Å². The molecule has 0 rings (SSSR count). The zero-order chi connectivity index (χ0) is 15.1. The molecule has 0 radical (unpaired) electrons. The van der Waals surface area contributed by atoms with Crippen LogP contribution in [0.3, 0.4) is 0 Å². The van der Waals surface area contributed by atoms with Crippen LogP contribution in [0.1, 0.15) is 47.0 Å². The fourth-order valence-corrected chi connectivity index (χ4v) is 3.79. The summed E-state index contributed by atoms with van der Waals surface area (Å²) in [5.74, 6) is -0.638. The minimum atomic E-state index is -3.67. The van der Waals surface area contributed by atoms with Gasteiger partial charge in [-0.25, -0.2) is 0 Å². The average molecular weight is 316 g/mol. The minimum Gasteiger partial charge on any atom is -0.267 e. The molecule has 0 aromatic rings. The Kier molecular flexibility index (Phi) is 8.11. The van der Waals surface area contributed by atoms with Gasteiger partial charge in [-0.3, -0.25) is 8.37 Å². The molecule has 0 heterocycles. The summed E-state index contributed by atoms with van der Waals surface area (Å²) >= 11 is 0. The summed E-state index contributed by atoms with van der Waals surface area (Å²) in [7, 11) is -7.34. The van der Waals surface area contributed by atoms with Gasteiger partial charge in [-0.2, -0.15) is 16.8 Å². The molecular formula is C11H24O6S2. The standard InChI is InChI=1S/C11H24O6S2/c1-5-10(3)16-18(12,13)8-7-9-19(14,15)17-11(4)6-2/h10-11H,5-9H2,1-4H3. The van der Waals surface area contributed by atoms with Gasteiger partial charge in [0.15, 0.2) is 0 Å². The lowest BCUT2D eigenvalue weighted by molar-refractivity contribution is 0.223. The molecule has 116 valence electrons. The van der Waals surface area contributed by atoms with Crippen LogP contribution in [0.25, 0.3) is 0 Å². The molecule has 0 aliphatic carbocycles. The maximum absolute atomic E-state index is 11.5. The second kappa shape index (κ2) is 8.18. The Hall–Kier alpha value is -0.180. The predicted molar refractivity (Wildman–Crippen MR) is 73.9 cm³/mol. The van der Waals surface area contributed by atoms with Crippen molar-refractivity contribution in [1.29, 1.82) is 0 Å². The minimum absolute atomic E-state index is 0.0302. The maximum atomic E-state index is 11.5. The van der Waals surface area contributed by atoms with E-state index < -0.39 is 32.4 Å². The number of rotatable bonds is 10. The van der Waals surface area contributed by atoms with Crippen LogP contribution in [0.15, 0.2) is 0 Å². The zero-order valence-corrected chi connectivity index (χ0v) is 13.6. The third-order valence-corrected chi connectivity index (χ3v) is 5.38. The summed E-state index contributed by atoms with van der Waals surface area (Å²) < 4.78 is 55.7. The molecule has 0 aliphatic rings. The smallest absolute Gasteiger partial charge is 0.267 e. The Morgan fingerprint density at radius 3 is 1.37 bits per heavy atom. The van der Waals surface area contributed by atoms with Gasteiger partial charge < -0.3 is 0 Å². The molecule has 0 aromatic heterocycles. The molecule has 0 saturated carbocycles. The molecule has 8 heteroatoms. The van der Waals surface area contributed by atoms with Gasteiger partial charge in [0, 0.05) is 0 Å². The van der Waals surface area contributed by atoms with Crippen LogP contribution in [-0.4, -0.2) is 40.5 Å². The van der Waals surface area contributed by atoms with Crippen molar-refractivity contribution in [2.24, 2.45) is 0 Å². The zero-order valence-electron chi connectivity index (χ0n) is 12.0. The first-order chi connectivity index (χ1) is 8.62. The number of hydrogen-bond acceptors (Lipinski definition) is 6. The Balaban J connectivity index is 4.22. The molecule has 2 atom stereocenters. The van der Waals surface area contributed by atoms with Crippen molar-refractivity contribution in [2.75, 3.05) is 11.5 Å². The van der Waals surface area contributed by atoms with E-state index in [0.717, 1.165) is 0 Å². The van der Waals surface area contributed by atoms with Crippen LogP contribution < -0.4 is 0 Å². The van der Waals surface area contributed by atoms with Crippen molar-refractivity contribution in [3.8, 4) is 0 Å². The molecule has 0 saturated heterocycles. The van der Waals surface area contributed by atoms with Gasteiger partial charge in [0.1, 0.15) is 0 Å². The fraction of sp³-hybridized carbons (Fsp3) is 1.00. The molecule has 19 heavy (non-hydrogen) atoms. The Morgan fingerprint density at radius 2 is 1.11 bits per heavy atom. The first-order valence-electron chi connectivity index (χ1n) is 6.43. The van der Waals surface area contributed by atoms with Crippen molar-refractivity contribution in [2.45, 2.75) is 59.2 Å². The van der Waals surface area contributed by atoms with Gasteiger partial charge in [-0.15, -0.1) is 0 Å². The molecule has 0 spiro atoms. The lowest BCUT2D eigenvalue weighted by Crippen LogP contribution is -2.21. The van der Waals surface area contributed by atoms with Crippen molar-refractivity contribution in [3.05, 3.63) is 0 Å². The molecule has 0 fully saturated rings. The summed E-state index contributed by atoms with van der Waals surface area (Å²) in [5, 5.41) is 0. The third-order valence-electron chi connectivity index (χ3n) is 2.56. The molecule has 0 amide bonds. The second-order valence-electron chi connectivity index (χ2n) is 4.51. The molecule has 0 aromatic carbocycles. The van der Waals surface area contributed by atoms with Crippen LogP contribution >= 0.6 is 0 Å². The van der Waals surface area contributed by atoms with Crippen molar-refractivity contribution >= 4 is 20.2 Å². The summed E-state index contributed by atoms with van der Waals surface area (Å²) in [5.41, 5.74) is 0. The SMILES string of the molecule is CCC(C)OS(=O)(=O)CCCS(=O)(=O)OC(C)CC. The summed E-state index contributed by atoms with van der Waals surface area (Å²) in [6, 6.07) is 0. The quantitative estimate of drug-likeness (QED) is 0.570. The van der Waals surface area contributed by atoms with Gasteiger partial charge in [0.05, 0.1) is 23.7 Å². The Morgan fingerprint density at radius 1 is 0.789 bits per heavy atom. The van der Waals surface area contributed by atoms with Gasteiger partial charge in [-0.05, 0) is 33.1 Å².